The lowest BCUT2D eigenvalue weighted by Crippen LogP contribution is -2.41. The van der Waals surface area contributed by atoms with E-state index in [2.05, 4.69) is 47.9 Å². The number of allylic oxidation sites excluding steroid dienone is 2. The Kier molecular flexibility index (Phi) is 5.47. The second-order valence-electron chi connectivity index (χ2n) is 6.33. The molecule has 0 aromatic rings. The van der Waals surface area contributed by atoms with E-state index >= 15 is 0 Å². The van der Waals surface area contributed by atoms with Gasteiger partial charge in [0.05, 0.1) is 5.70 Å². The predicted molar refractivity (Wildman–Crippen MR) is 93.8 cm³/mol. The Labute approximate surface area is 134 Å². The molecule has 2 aliphatic rings. The second-order valence-corrected chi connectivity index (χ2v) is 6.33. The van der Waals surface area contributed by atoms with Crippen LogP contribution in [0.3, 0.4) is 0 Å². The van der Waals surface area contributed by atoms with Crippen LogP contribution >= 0.6 is 0 Å². The van der Waals surface area contributed by atoms with E-state index in [0.717, 1.165) is 31.0 Å². The fourth-order valence-electron chi connectivity index (χ4n) is 2.85. The van der Waals surface area contributed by atoms with Crippen molar-refractivity contribution in [2.45, 2.75) is 33.1 Å². The molecule has 2 atom stereocenters. The van der Waals surface area contributed by atoms with Gasteiger partial charge in [0.1, 0.15) is 11.7 Å². The van der Waals surface area contributed by atoms with Gasteiger partial charge in [0.2, 0.25) is 0 Å². The molecule has 0 spiro atoms. The minimum atomic E-state index is 0.413. The predicted octanol–water partition coefficient (Wildman–Crippen LogP) is 3.43. The summed E-state index contributed by atoms with van der Waals surface area (Å²) in [6.07, 6.45) is 11.2. The molecule has 1 saturated heterocycles. The number of amidine groups is 1. The molecular weight excluding hydrogens is 272 g/mol. The van der Waals surface area contributed by atoms with Crippen LogP contribution in [0.5, 0.6) is 0 Å². The normalized spacial score (nSPS) is 25.1. The molecule has 2 rings (SSSR count). The van der Waals surface area contributed by atoms with Crippen LogP contribution in [0.4, 0.5) is 0 Å². The molecule has 2 heterocycles. The Balaban J connectivity index is 2.15. The molecule has 0 aromatic heterocycles. The molecule has 4 heteroatoms. The minimum absolute atomic E-state index is 0.413. The van der Waals surface area contributed by atoms with E-state index in [9.17, 15) is 0 Å². The Morgan fingerprint density at radius 2 is 2.36 bits per heavy atom. The Bertz CT molecular complexity index is 515. The number of likely N-dealkylation sites (tertiary alicyclic amines) is 1. The molecule has 0 radical (unpaired) electrons. The monoisotopic (exact) mass is 300 g/mol. The topological polar surface area (TPSA) is 44.9 Å². The highest BCUT2D eigenvalue weighted by atomic mass is 15.3. The van der Waals surface area contributed by atoms with Crippen molar-refractivity contribution < 1.29 is 0 Å². The number of hydrogen-bond acceptors (Lipinski definition) is 4. The zero-order chi connectivity index (χ0) is 16.1. The van der Waals surface area contributed by atoms with Gasteiger partial charge in [-0.2, -0.15) is 0 Å². The summed E-state index contributed by atoms with van der Waals surface area (Å²) in [6, 6.07) is 0. The van der Waals surface area contributed by atoms with E-state index in [1.807, 2.05) is 12.3 Å². The average molecular weight is 300 g/mol. The zero-order valence-electron chi connectivity index (χ0n) is 13.8. The van der Waals surface area contributed by atoms with Gasteiger partial charge in [-0.15, -0.1) is 6.58 Å². The zero-order valence-corrected chi connectivity index (χ0v) is 13.8. The summed E-state index contributed by atoms with van der Waals surface area (Å²) in [5.74, 6) is 2.65. The Morgan fingerprint density at radius 3 is 3.05 bits per heavy atom. The smallest absolute Gasteiger partial charge is 0.147 e. The van der Waals surface area contributed by atoms with Crippen LogP contribution in [0.15, 0.2) is 54.2 Å². The summed E-state index contributed by atoms with van der Waals surface area (Å²) in [6.45, 7) is 14.7. The van der Waals surface area contributed by atoms with E-state index in [1.54, 1.807) is 6.20 Å². The molecule has 4 nitrogen and oxygen atoms in total. The molecule has 2 unspecified atom stereocenters. The summed E-state index contributed by atoms with van der Waals surface area (Å²) < 4.78 is 0. The van der Waals surface area contributed by atoms with Crippen LogP contribution in [-0.4, -0.2) is 28.7 Å². The highest BCUT2D eigenvalue weighted by Gasteiger charge is 2.24. The van der Waals surface area contributed by atoms with Crippen molar-refractivity contribution in [2.75, 3.05) is 13.1 Å². The summed E-state index contributed by atoms with van der Waals surface area (Å²) in [4.78, 5) is 8.64. The third kappa shape index (κ3) is 3.81. The summed E-state index contributed by atoms with van der Waals surface area (Å²) in [7, 11) is 0. The molecule has 0 aromatic carbocycles. The maximum Gasteiger partial charge on any atom is 0.147 e. The number of rotatable bonds is 5. The Hall–Kier alpha value is -1.97. The van der Waals surface area contributed by atoms with Crippen LogP contribution in [0.1, 0.15) is 33.1 Å². The molecule has 0 bridgehead atoms. The molecule has 0 aliphatic carbocycles. The van der Waals surface area contributed by atoms with Crippen molar-refractivity contribution in [3.05, 3.63) is 49.2 Å². The van der Waals surface area contributed by atoms with Crippen molar-refractivity contribution in [3.8, 4) is 0 Å². The number of piperidine rings is 1. The molecule has 2 N–H and O–H groups in total. The van der Waals surface area contributed by atoms with Gasteiger partial charge in [-0.05, 0) is 31.1 Å². The van der Waals surface area contributed by atoms with Gasteiger partial charge in [-0.3, -0.25) is 4.90 Å². The van der Waals surface area contributed by atoms with Gasteiger partial charge in [0.25, 0.3) is 0 Å². The standard InChI is InChI=1S/C18H28N4/c1-5-14(2)8-9-17-18(19)20-10-12-22(17)16(4)21-11-6-7-15(3)13-21/h5,9-10,12,14-15H,1,4,6-8,11,13H2,2-3H3,(H2,19,20)/b17-9+. The van der Waals surface area contributed by atoms with Gasteiger partial charge < -0.3 is 10.6 Å². The first-order chi connectivity index (χ1) is 10.5. The van der Waals surface area contributed by atoms with Gasteiger partial charge >= 0.3 is 0 Å². The van der Waals surface area contributed by atoms with E-state index in [0.29, 0.717) is 17.7 Å². The molecule has 2 aliphatic heterocycles. The van der Waals surface area contributed by atoms with Crippen LogP contribution < -0.4 is 5.73 Å². The SMILES string of the molecule is C=CC(C)C/C=C1\C(N)=NC=CN1C(=C)N1CCCC(C)C1. The van der Waals surface area contributed by atoms with E-state index in [4.69, 9.17) is 5.73 Å². The van der Waals surface area contributed by atoms with Crippen LogP contribution in [0.25, 0.3) is 0 Å². The van der Waals surface area contributed by atoms with Gasteiger partial charge in [0.15, 0.2) is 0 Å². The second kappa shape index (κ2) is 7.34. The summed E-state index contributed by atoms with van der Waals surface area (Å²) in [5.41, 5.74) is 7.03. The first-order valence-corrected chi connectivity index (χ1v) is 8.09. The van der Waals surface area contributed by atoms with Crippen molar-refractivity contribution in [3.63, 3.8) is 0 Å². The van der Waals surface area contributed by atoms with Gasteiger partial charge in [-0.1, -0.05) is 32.6 Å². The number of hydrogen-bond donors (Lipinski definition) is 1. The maximum atomic E-state index is 6.10. The van der Waals surface area contributed by atoms with E-state index < -0.39 is 0 Å². The molecule has 0 saturated carbocycles. The van der Waals surface area contributed by atoms with Crippen molar-refractivity contribution in [1.82, 2.24) is 9.80 Å². The Morgan fingerprint density at radius 1 is 1.59 bits per heavy atom. The number of nitrogens with zero attached hydrogens (tertiary/aromatic N) is 3. The number of nitrogens with two attached hydrogens (primary N) is 1. The fraction of sp³-hybridized carbons (Fsp3) is 0.500. The molecule has 0 amide bonds. The molecule has 120 valence electrons. The summed E-state index contributed by atoms with van der Waals surface area (Å²) in [5, 5.41) is 0. The third-order valence-corrected chi connectivity index (χ3v) is 4.34. The van der Waals surface area contributed by atoms with Crippen molar-refractivity contribution in [2.24, 2.45) is 22.6 Å². The van der Waals surface area contributed by atoms with Gasteiger partial charge in [0, 0.05) is 25.5 Å². The van der Waals surface area contributed by atoms with Gasteiger partial charge in [-0.25, -0.2) is 4.99 Å². The van der Waals surface area contributed by atoms with E-state index in [-0.39, 0.29) is 0 Å². The number of aliphatic imine (C=N–C) groups is 1. The lowest BCUT2D eigenvalue weighted by Gasteiger charge is -2.39. The lowest BCUT2D eigenvalue weighted by atomic mass is 10.0. The van der Waals surface area contributed by atoms with Crippen molar-refractivity contribution >= 4 is 5.84 Å². The summed E-state index contributed by atoms with van der Waals surface area (Å²) >= 11 is 0. The largest absolute Gasteiger partial charge is 0.382 e. The maximum absolute atomic E-state index is 6.10. The minimum Gasteiger partial charge on any atom is -0.382 e. The molecular formula is C18H28N4. The highest BCUT2D eigenvalue weighted by Crippen LogP contribution is 2.25. The lowest BCUT2D eigenvalue weighted by molar-refractivity contribution is 0.194. The quantitative estimate of drug-likeness (QED) is 0.791. The van der Waals surface area contributed by atoms with Crippen LogP contribution in [0.2, 0.25) is 0 Å². The van der Waals surface area contributed by atoms with Crippen LogP contribution in [-0.2, 0) is 0 Å². The first kappa shape index (κ1) is 16.4. The fourth-order valence-corrected chi connectivity index (χ4v) is 2.85. The first-order valence-electron chi connectivity index (χ1n) is 8.09. The third-order valence-electron chi connectivity index (χ3n) is 4.34. The van der Waals surface area contributed by atoms with E-state index in [1.165, 1.54) is 12.8 Å². The molecule has 22 heavy (non-hydrogen) atoms. The average Bonchev–Trinajstić information content (AvgIpc) is 2.52. The van der Waals surface area contributed by atoms with Crippen LogP contribution in [0, 0.1) is 11.8 Å². The molecule has 1 fully saturated rings. The highest BCUT2D eigenvalue weighted by molar-refractivity contribution is 5.97. The van der Waals surface area contributed by atoms with Crippen molar-refractivity contribution in [1.29, 1.82) is 0 Å².